The van der Waals surface area contributed by atoms with E-state index in [2.05, 4.69) is 182 Å². The summed E-state index contributed by atoms with van der Waals surface area (Å²) >= 11 is 3.82. The number of benzene rings is 10. The molecule has 0 aliphatic rings. The summed E-state index contributed by atoms with van der Waals surface area (Å²) in [7, 11) is 0. The zero-order valence-corrected chi connectivity index (χ0v) is 30.8. The maximum atomic E-state index is 2.47. The van der Waals surface area contributed by atoms with Crippen molar-refractivity contribution in [3.8, 4) is 33.4 Å². The second kappa shape index (κ2) is 11.6. The van der Waals surface area contributed by atoms with Crippen LogP contribution < -0.4 is 0 Å². The molecule has 0 N–H and O–H groups in total. The van der Waals surface area contributed by atoms with Crippen molar-refractivity contribution in [1.29, 1.82) is 0 Å². The first-order valence-corrected chi connectivity index (χ1v) is 20.1. The standard InChI is InChI=1S/C52H30S2/c1-2-12-31(13-3-1)34-25-26-42(36-15-5-4-14-35(34)36)51-40-19-8-6-17-38(40)50(39-18-7-9-20-41(39)51)33-23-27-48-45(28-33)46-30-44-32(29-49(46)53-48)22-24-43-37-16-10-11-21-47(37)54-52(43)44/h1-30H. The van der Waals surface area contributed by atoms with Gasteiger partial charge in [0.2, 0.25) is 0 Å². The Morgan fingerprint density at radius 2 is 0.833 bits per heavy atom. The van der Waals surface area contributed by atoms with E-state index < -0.39 is 0 Å². The van der Waals surface area contributed by atoms with Gasteiger partial charge in [0.05, 0.1) is 0 Å². The summed E-state index contributed by atoms with van der Waals surface area (Å²) < 4.78 is 5.39. The zero-order valence-electron chi connectivity index (χ0n) is 29.1. The van der Waals surface area contributed by atoms with Crippen molar-refractivity contribution in [2.24, 2.45) is 0 Å². The highest BCUT2D eigenvalue weighted by Gasteiger charge is 2.20. The monoisotopic (exact) mass is 718 g/mol. The smallest absolute Gasteiger partial charge is 0.0434 e. The van der Waals surface area contributed by atoms with Gasteiger partial charge < -0.3 is 0 Å². The quantitative estimate of drug-likeness (QED) is 0.160. The molecule has 0 saturated heterocycles. The van der Waals surface area contributed by atoms with Crippen molar-refractivity contribution < 1.29 is 0 Å². The molecular weight excluding hydrogens is 689 g/mol. The van der Waals surface area contributed by atoms with Crippen LogP contribution in [0.4, 0.5) is 0 Å². The summed E-state index contributed by atoms with van der Waals surface area (Å²) in [5.74, 6) is 0. The third-order valence-electron chi connectivity index (χ3n) is 11.4. The Hall–Kier alpha value is -6.32. The molecule has 12 aromatic rings. The van der Waals surface area contributed by atoms with E-state index in [1.54, 1.807) is 0 Å². The number of hydrogen-bond donors (Lipinski definition) is 0. The van der Waals surface area contributed by atoms with Crippen LogP contribution in [0.1, 0.15) is 0 Å². The van der Waals surface area contributed by atoms with Gasteiger partial charge in [-0.2, -0.15) is 0 Å². The molecule has 2 heterocycles. The van der Waals surface area contributed by atoms with Gasteiger partial charge in [-0.1, -0.05) is 152 Å². The fraction of sp³-hybridized carbons (Fsp3) is 0. The Morgan fingerprint density at radius 1 is 0.259 bits per heavy atom. The van der Waals surface area contributed by atoms with E-state index >= 15 is 0 Å². The predicted molar refractivity (Wildman–Crippen MR) is 239 cm³/mol. The Morgan fingerprint density at radius 3 is 1.57 bits per heavy atom. The van der Waals surface area contributed by atoms with E-state index in [1.165, 1.54) is 117 Å². The largest absolute Gasteiger partial charge is 0.135 e. The van der Waals surface area contributed by atoms with Crippen LogP contribution >= 0.6 is 22.7 Å². The molecule has 0 spiro atoms. The van der Waals surface area contributed by atoms with Crippen molar-refractivity contribution in [2.45, 2.75) is 0 Å². The molecule has 0 bridgehead atoms. The van der Waals surface area contributed by atoms with Gasteiger partial charge in [0.25, 0.3) is 0 Å². The minimum Gasteiger partial charge on any atom is -0.135 e. The van der Waals surface area contributed by atoms with Crippen LogP contribution in [-0.4, -0.2) is 0 Å². The molecule has 250 valence electrons. The van der Waals surface area contributed by atoms with Crippen LogP contribution in [0.5, 0.6) is 0 Å². The molecule has 0 amide bonds. The fourth-order valence-corrected chi connectivity index (χ4v) is 11.4. The summed E-state index contributed by atoms with van der Waals surface area (Å²) in [6.07, 6.45) is 0. The first kappa shape index (κ1) is 30.2. The minimum atomic E-state index is 1.24. The maximum Gasteiger partial charge on any atom is 0.0434 e. The summed E-state index contributed by atoms with van der Waals surface area (Å²) in [4.78, 5) is 0. The average Bonchev–Trinajstić information content (AvgIpc) is 3.80. The van der Waals surface area contributed by atoms with Crippen molar-refractivity contribution in [3.05, 3.63) is 182 Å². The van der Waals surface area contributed by atoms with Gasteiger partial charge in [-0.15, -0.1) is 22.7 Å². The third kappa shape index (κ3) is 4.36. The highest BCUT2D eigenvalue weighted by atomic mass is 32.1. The van der Waals surface area contributed by atoms with Crippen LogP contribution in [0.3, 0.4) is 0 Å². The lowest BCUT2D eigenvalue weighted by atomic mass is 9.83. The first-order valence-electron chi connectivity index (χ1n) is 18.5. The molecule has 2 heteroatoms. The van der Waals surface area contributed by atoms with Gasteiger partial charge in [0, 0.05) is 45.7 Å². The topological polar surface area (TPSA) is 0 Å². The molecule has 0 atom stereocenters. The molecule has 12 rings (SSSR count). The fourth-order valence-electron chi connectivity index (χ4n) is 9.05. The Balaban J connectivity index is 1.12. The Kier molecular flexibility index (Phi) is 6.48. The Bertz CT molecular complexity index is 3430. The lowest BCUT2D eigenvalue weighted by Gasteiger charge is -2.19. The minimum absolute atomic E-state index is 1.24. The molecule has 54 heavy (non-hydrogen) atoms. The van der Waals surface area contributed by atoms with Gasteiger partial charge in [-0.3, -0.25) is 0 Å². The lowest BCUT2D eigenvalue weighted by molar-refractivity contribution is 1.64. The van der Waals surface area contributed by atoms with E-state index in [1.807, 2.05) is 22.7 Å². The van der Waals surface area contributed by atoms with Crippen LogP contribution in [0.15, 0.2) is 182 Å². The average molecular weight is 719 g/mol. The second-order valence-corrected chi connectivity index (χ2v) is 16.5. The molecule has 0 nitrogen and oxygen atoms in total. The third-order valence-corrected chi connectivity index (χ3v) is 13.8. The molecule has 0 fully saturated rings. The molecule has 10 aromatic carbocycles. The van der Waals surface area contributed by atoms with E-state index in [0.29, 0.717) is 0 Å². The van der Waals surface area contributed by atoms with Gasteiger partial charge in [-0.25, -0.2) is 0 Å². The Labute approximate surface area is 319 Å². The van der Waals surface area contributed by atoms with Gasteiger partial charge in [0.15, 0.2) is 0 Å². The number of rotatable bonds is 3. The van der Waals surface area contributed by atoms with Crippen LogP contribution in [-0.2, 0) is 0 Å². The van der Waals surface area contributed by atoms with Crippen LogP contribution in [0.25, 0.3) is 117 Å². The van der Waals surface area contributed by atoms with E-state index in [-0.39, 0.29) is 0 Å². The number of hydrogen-bond acceptors (Lipinski definition) is 2. The van der Waals surface area contributed by atoms with Gasteiger partial charge in [-0.05, 0) is 101 Å². The van der Waals surface area contributed by atoms with Crippen molar-refractivity contribution in [2.75, 3.05) is 0 Å². The SMILES string of the molecule is c1ccc(-c2ccc(-c3c4ccccc4c(-c4ccc5sc6cc7ccc8c9ccccc9sc8c7cc6c5c4)c4ccccc34)c3ccccc23)cc1. The highest BCUT2D eigenvalue weighted by molar-refractivity contribution is 7.27. The molecule has 0 aliphatic heterocycles. The van der Waals surface area contributed by atoms with Crippen molar-refractivity contribution in [1.82, 2.24) is 0 Å². The van der Waals surface area contributed by atoms with E-state index in [9.17, 15) is 0 Å². The van der Waals surface area contributed by atoms with E-state index in [0.717, 1.165) is 0 Å². The van der Waals surface area contributed by atoms with Gasteiger partial charge >= 0.3 is 0 Å². The summed E-state index contributed by atoms with van der Waals surface area (Å²) in [5, 5.41) is 15.7. The number of fused-ring (bicyclic) bond motifs is 11. The number of thiophene rings is 2. The summed E-state index contributed by atoms with van der Waals surface area (Å²) in [5.41, 5.74) is 7.61. The normalized spacial score (nSPS) is 12.1. The molecule has 2 aromatic heterocycles. The van der Waals surface area contributed by atoms with Crippen molar-refractivity contribution >= 4 is 106 Å². The summed E-state index contributed by atoms with van der Waals surface area (Å²) in [6, 6.07) is 67.9. The van der Waals surface area contributed by atoms with E-state index in [4.69, 9.17) is 0 Å². The first-order chi connectivity index (χ1) is 26.8. The predicted octanol–water partition coefficient (Wildman–Crippen LogP) is 16.0. The zero-order chi connectivity index (χ0) is 35.3. The molecule has 0 unspecified atom stereocenters. The molecule has 0 radical (unpaired) electrons. The molecule has 0 aliphatic carbocycles. The molecule has 0 saturated carbocycles. The van der Waals surface area contributed by atoms with Crippen molar-refractivity contribution in [3.63, 3.8) is 0 Å². The van der Waals surface area contributed by atoms with Gasteiger partial charge in [0.1, 0.15) is 0 Å². The maximum absolute atomic E-state index is 2.47. The highest BCUT2D eigenvalue weighted by Crippen LogP contribution is 2.48. The van der Waals surface area contributed by atoms with Crippen LogP contribution in [0.2, 0.25) is 0 Å². The lowest BCUT2D eigenvalue weighted by Crippen LogP contribution is -1.92. The van der Waals surface area contributed by atoms with Crippen LogP contribution in [0, 0.1) is 0 Å². The molecular formula is C52H30S2. The second-order valence-electron chi connectivity index (χ2n) is 14.3. The summed E-state index contributed by atoms with van der Waals surface area (Å²) in [6.45, 7) is 0.